The minimum Gasteiger partial charge on any atom is -0.364 e. The van der Waals surface area contributed by atoms with Crippen LogP contribution >= 0.6 is 0 Å². The molecule has 132 valence electrons. The van der Waals surface area contributed by atoms with Crippen LogP contribution in [0.3, 0.4) is 0 Å². The number of carbonyl (C=O) groups is 1. The third kappa shape index (κ3) is 4.45. The third-order valence-electron chi connectivity index (χ3n) is 4.87. The Labute approximate surface area is 143 Å². The third-order valence-corrected chi connectivity index (χ3v) is 4.87. The van der Waals surface area contributed by atoms with E-state index in [1.54, 1.807) is 0 Å². The average Bonchev–Trinajstić information content (AvgIpc) is 2.94. The Morgan fingerprint density at radius 1 is 1.29 bits per heavy atom. The van der Waals surface area contributed by atoms with Crippen molar-refractivity contribution in [2.24, 2.45) is 5.73 Å². The zero-order valence-corrected chi connectivity index (χ0v) is 14.2. The fourth-order valence-electron chi connectivity index (χ4n) is 3.42. The monoisotopic (exact) mass is 332 g/mol. The lowest BCUT2D eigenvalue weighted by molar-refractivity contribution is -0.132. The summed E-state index contributed by atoms with van der Waals surface area (Å²) in [5.74, 6) is 0.975. The molecular formula is C18H28N4O2. The van der Waals surface area contributed by atoms with E-state index in [2.05, 4.69) is 21.3 Å². The van der Waals surface area contributed by atoms with Gasteiger partial charge in [0.15, 0.2) is 0 Å². The average molecular weight is 332 g/mol. The molecule has 6 heteroatoms. The van der Waals surface area contributed by atoms with Crippen LogP contribution in [0.1, 0.15) is 44.1 Å². The first-order chi connectivity index (χ1) is 11.8. The summed E-state index contributed by atoms with van der Waals surface area (Å²) < 4.78 is 5.64. The SMILES string of the molecule is NC[C@H]1CC[C@@H](C(=O)NCc2ccnc(N3CCCCCC3)c2)O1. The largest absolute Gasteiger partial charge is 0.364 e. The van der Waals surface area contributed by atoms with Crippen LogP contribution in [0, 0.1) is 0 Å². The van der Waals surface area contributed by atoms with Crippen molar-refractivity contribution < 1.29 is 9.53 Å². The Morgan fingerprint density at radius 2 is 2.08 bits per heavy atom. The number of hydrogen-bond donors (Lipinski definition) is 2. The van der Waals surface area contributed by atoms with Crippen LogP contribution in [0.25, 0.3) is 0 Å². The standard InChI is InChI=1S/C18H28N4O2/c19-12-15-5-6-16(24-15)18(23)21-13-14-7-8-20-17(11-14)22-9-3-1-2-4-10-22/h7-8,11,15-16H,1-6,9-10,12-13,19H2,(H,21,23)/t15-,16+/m1/s1. The summed E-state index contributed by atoms with van der Waals surface area (Å²) in [7, 11) is 0. The van der Waals surface area contributed by atoms with Crippen LogP contribution in [-0.2, 0) is 16.1 Å². The first-order valence-corrected chi connectivity index (χ1v) is 9.09. The molecule has 0 aromatic carbocycles. The summed E-state index contributed by atoms with van der Waals surface area (Å²) in [5, 5.41) is 2.98. The molecule has 0 aliphatic carbocycles. The van der Waals surface area contributed by atoms with Gasteiger partial charge in [-0.1, -0.05) is 12.8 Å². The second kappa shape index (κ2) is 8.44. The second-order valence-electron chi connectivity index (χ2n) is 6.70. The number of ether oxygens (including phenoxy) is 1. The summed E-state index contributed by atoms with van der Waals surface area (Å²) in [6.07, 6.45) is 8.18. The molecule has 1 aromatic heterocycles. The molecule has 1 aromatic rings. The molecule has 2 atom stereocenters. The molecule has 1 amide bonds. The van der Waals surface area contributed by atoms with Crippen molar-refractivity contribution in [3.63, 3.8) is 0 Å². The van der Waals surface area contributed by atoms with E-state index >= 15 is 0 Å². The van der Waals surface area contributed by atoms with Gasteiger partial charge in [-0.25, -0.2) is 4.98 Å². The fourth-order valence-corrected chi connectivity index (χ4v) is 3.42. The molecule has 3 heterocycles. The molecule has 2 aliphatic rings. The van der Waals surface area contributed by atoms with E-state index in [4.69, 9.17) is 10.5 Å². The number of aromatic nitrogens is 1. The Hall–Kier alpha value is -1.66. The van der Waals surface area contributed by atoms with Crippen LogP contribution in [0.2, 0.25) is 0 Å². The van der Waals surface area contributed by atoms with Crippen molar-refractivity contribution in [3.05, 3.63) is 23.9 Å². The Morgan fingerprint density at radius 3 is 2.79 bits per heavy atom. The van der Waals surface area contributed by atoms with Gasteiger partial charge in [-0.3, -0.25) is 4.79 Å². The van der Waals surface area contributed by atoms with Crippen molar-refractivity contribution in [2.75, 3.05) is 24.5 Å². The first-order valence-electron chi connectivity index (χ1n) is 9.09. The fraction of sp³-hybridized carbons (Fsp3) is 0.667. The molecule has 2 aliphatic heterocycles. The van der Waals surface area contributed by atoms with Gasteiger partial charge in [-0.15, -0.1) is 0 Å². The van der Waals surface area contributed by atoms with Gasteiger partial charge in [-0.05, 0) is 43.4 Å². The maximum Gasteiger partial charge on any atom is 0.249 e. The molecule has 0 bridgehead atoms. The Bertz CT molecular complexity index is 544. The lowest BCUT2D eigenvalue weighted by Crippen LogP contribution is -2.35. The summed E-state index contributed by atoms with van der Waals surface area (Å²) in [4.78, 5) is 19.1. The molecule has 6 nitrogen and oxygen atoms in total. The Kier molecular flexibility index (Phi) is 6.04. The molecule has 0 radical (unpaired) electrons. The van der Waals surface area contributed by atoms with Gasteiger partial charge in [0, 0.05) is 32.4 Å². The summed E-state index contributed by atoms with van der Waals surface area (Å²) >= 11 is 0. The summed E-state index contributed by atoms with van der Waals surface area (Å²) in [6.45, 7) is 3.13. The Balaban J connectivity index is 1.53. The maximum atomic E-state index is 12.2. The number of nitrogens with two attached hydrogens (primary N) is 1. The van der Waals surface area contributed by atoms with Crippen LogP contribution in [0.5, 0.6) is 0 Å². The topological polar surface area (TPSA) is 80.5 Å². The van der Waals surface area contributed by atoms with Gasteiger partial charge in [0.05, 0.1) is 6.10 Å². The molecule has 3 rings (SSSR count). The minimum absolute atomic E-state index is 0.0244. The van der Waals surface area contributed by atoms with Crippen LogP contribution in [-0.4, -0.2) is 42.7 Å². The van der Waals surface area contributed by atoms with Gasteiger partial charge < -0.3 is 20.7 Å². The van der Waals surface area contributed by atoms with Gasteiger partial charge in [0.1, 0.15) is 11.9 Å². The van der Waals surface area contributed by atoms with E-state index in [0.29, 0.717) is 13.1 Å². The van der Waals surface area contributed by atoms with Crippen LogP contribution in [0.4, 0.5) is 5.82 Å². The van der Waals surface area contributed by atoms with E-state index in [9.17, 15) is 4.79 Å². The molecule has 0 spiro atoms. The van der Waals surface area contributed by atoms with Crippen molar-refractivity contribution in [3.8, 4) is 0 Å². The van der Waals surface area contributed by atoms with Crippen molar-refractivity contribution >= 4 is 11.7 Å². The van der Waals surface area contributed by atoms with Gasteiger partial charge in [0.25, 0.3) is 0 Å². The van der Waals surface area contributed by atoms with Crippen molar-refractivity contribution in [1.82, 2.24) is 10.3 Å². The quantitative estimate of drug-likeness (QED) is 0.856. The van der Waals surface area contributed by atoms with E-state index in [1.807, 2.05) is 12.3 Å². The smallest absolute Gasteiger partial charge is 0.249 e. The normalized spacial score (nSPS) is 24.6. The van der Waals surface area contributed by atoms with Crippen LogP contribution in [0.15, 0.2) is 18.3 Å². The number of nitrogens with zero attached hydrogens (tertiary/aromatic N) is 2. The van der Waals surface area contributed by atoms with Gasteiger partial charge >= 0.3 is 0 Å². The maximum absolute atomic E-state index is 12.2. The van der Waals surface area contributed by atoms with E-state index < -0.39 is 0 Å². The lowest BCUT2D eigenvalue weighted by Gasteiger charge is -2.22. The highest BCUT2D eigenvalue weighted by atomic mass is 16.5. The number of carbonyl (C=O) groups excluding carboxylic acids is 1. The molecule has 3 N–H and O–H groups in total. The highest BCUT2D eigenvalue weighted by Gasteiger charge is 2.29. The number of nitrogens with one attached hydrogen (secondary N) is 1. The minimum atomic E-state index is -0.356. The van der Waals surface area contributed by atoms with Crippen molar-refractivity contribution in [1.29, 1.82) is 0 Å². The second-order valence-corrected chi connectivity index (χ2v) is 6.70. The predicted octanol–water partition coefficient (Wildman–Crippen LogP) is 1.58. The molecule has 24 heavy (non-hydrogen) atoms. The summed E-state index contributed by atoms with van der Waals surface area (Å²) in [6, 6.07) is 4.05. The van der Waals surface area contributed by atoms with Crippen molar-refractivity contribution in [2.45, 2.75) is 57.3 Å². The molecule has 0 unspecified atom stereocenters. The highest BCUT2D eigenvalue weighted by molar-refractivity contribution is 5.81. The molecular weight excluding hydrogens is 304 g/mol. The number of rotatable bonds is 5. The number of pyridine rings is 1. The predicted molar refractivity (Wildman–Crippen MR) is 93.7 cm³/mol. The van der Waals surface area contributed by atoms with E-state index in [0.717, 1.165) is 37.3 Å². The number of anilines is 1. The molecule has 2 fully saturated rings. The summed E-state index contributed by atoms with van der Waals surface area (Å²) in [5.41, 5.74) is 6.67. The van der Waals surface area contributed by atoms with Crippen LogP contribution < -0.4 is 16.0 Å². The first kappa shape index (κ1) is 17.2. The van der Waals surface area contributed by atoms with Gasteiger partial charge in [0.2, 0.25) is 5.91 Å². The highest BCUT2D eigenvalue weighted by Crippen LogP contribution is 2.20. The van der Waals surface area contributed by atoms with Gasteiger partial charge in [-0.2, -0.15) is 0 Å². The lowest BCUT2D eigenvalue weighted by atomic mass is 10.2. The molecule has 2 saturated heterocycles. The number of amides is 1. The number of hydrogen-bond acceptors (Lipinski definition) is 5. The van der Waals surface area contributed by atoms with E-state index in [-0.39, 0.29) is 18.1 Å². The zero-order valence-electron chi connectivity index (χ0n) is 14.2. The zero-order chi connectivity index (χ0) is 16.8. The van der Waals surface area contributed by atoms with E-state index in [1.165, 1.54) is 25.7 Å². The molecule has 0 saturated carbocycles.